The van der Waals surface area contributed by atoms with Crippen molar-refractivity contribution in [1.82, 2.24) is 4.98 Å². The van der Waals surface area contributed by atoms with Crippen molar-refractivity contribution in [3.05, 3.63) is 66.0 Å². The fourth-order valence-electron chi connectivity index (χ4n) is 2.52. The van der Waals surface area contributed by atoms with Crippen LogP contribution in [0.3, 0.4) is 0 Å². The molecule has 0 N–H and O–H groups in total. The molecule has 1 atom stereocenters. The van der Waals surface area contributed by atoms with Crippen LogP contribution < -0.4 is 0 Å². The lowest BCUT2D eigenvalue weighted by Gasteiger charge is -2.13. The summed E-state index contributed by atoms with van der Waals surface area (Å²) in [6, 6.07) is 8.67. The number of hydrogen-bond donors (Lipinski definition) is 0. The van der Waals surface area contributed by atoms with Gasteiger partial charge in [-0.15, -0.1) is 6.58 Å². The van der Waals surface area contributed by atoms with E-state index in [1.54, 1.807) is 0 Å². The van der Waals surface area contributed by atoms with Gasteiger partial charge in [0.2, 0.25) is 0 Å². The van der Waals surface area contributed by atoms with Gasteiger partial charge >= 0.3 is 0 Å². The Morgan fingerprint density at radius 3 is 2.53 bits per heavy atom. The Balaban J connectivity index is 2.46. The second-order valence-corrected chi connectivity index (χ2v) is 5.20. The number of aryl methyl sites for hydroxylation is 2. The molecule has 0 aliphatic carbocycles. The molecule has 0 amide bonds. The number of aromatic nitrogens is 1. The van der Waals surface area contributed by atoms with Crippen LogP contribution in [-0.4, -0.2) is 4.98 Å². The molecule has 1 heterocycles. The van der Waals surface area contributed by atoms with E-state index in [2.05, 4.69) is 56.6 Å². The number of benzene rings is 1. The SMILES string of the molecule is C=CCC(C)c1cncc(-c2c(C)cccc2C)c1. The number of hydrogen-bond acceptors (Lipinski definition) is 1. The molecule has 0 radical (unpaired) electrons. The molecule has 98 valence electrons. The van der Waals surface area contributed by atoms with E-state index in [9.17, 15) is 0 Å². The Morgan fingerprint density at radius 2 is 1.89 bits per heavy atom. The highest BCUT2D eigenvalue weighted by molar-refractivity contribution is 5.70. The third-order valence-corrected chi connectivity index (χ3v) is 3.62. The van der Waals surface area contributed by atoms with E-state index < -0.39 is 0 Å². The molecule has 1 aromatic carbocycles. The summed E-state index contributed by atoms with van der Waals surface area (Å²) in [6.45, 7) is 10.3. The maximum absolute atomic E-state index is 4.41. The molecule has 1 unspecified atom stereocenters. The molecule has 1 aromatic heterocycles. The summed E-state index contributed by atoms with van der Waals surface area (Å²) in [4.78, 5) is 4.41. The lowest BCUT2D eigenvalue weighted by atomic mass is 9.93. The molecule has 0 spiro atoms. The van der Waals surface area contributed by atoms with Gasteiger partial charge in [-0.1, -0.05) is 31.2 Å². The van der Waals surface area contributed by atoms with E-state index in [0.29, 0.717) is 5.92 Å². The van der Waals surface area contributed by atoms with E-state index in [1.807, 2.05) is 18.5 Å². The molecule has 2 aromatic rings. The van der Waals surface area contributed by atoms with Gasteiger partial charge in [-0.25, -0.2) is 0 Å². The van der Waals surface area contributed by atoms with Crippen LogP contribution >= 0.6 is 0 Å². The fourth-order valence-corrected chi connectivity index (χ4v) is 2.52. The second-order valence-electron chi connectivity index (χ2n) is 5.20. The minimum Gasteiger partial charge on any atom is -0.264 e. The zero-order valence-electron chi connectivity index (χ0n) is 12.0. The van der Waals surface area contributed by atoms with E-state index in [1.165, 1.54) is 27.8 Å². The van der Waals surface area contributed by atoms with Crippen LogP contribution in [0.25, 0.3) is 11.1 Å². The van der Waals surface area contributed by atoms with Gasteiger partial charge in [-0.05, 0) is 54.5 Å². The highest BCUT2D eigenvalue weighted by atomic mass is 14.6. The van der Waals surface area contributed by atoms with E-state index in [4.69, 9.17) is 0 Å². The lowest BCUT2D eigenvalue weighted by Crippen LogP contribution is -1.95. The van der Waals surface area contributed by atoms with Crippen LogP contribution in [0.4, 0.5) is 0 Å². The molecule has 0 saturated carbocycles. The number of allylic oxidation sites excluding steroid dienone is 1. The van der Waals surface area contributed by atoms with Crippen molar-refractivity contribution in [2.45, 2.75) is 33.1 Å². The van der Waals surface area contributed by atoms with E-state index >= 15 is 0 Å². The first-order valence-corrected chi connectivity index (χ1v) is 6.76. The Bertz CT molecular complexity index is 564. The topological polar surface area (TPSA) is 12.9 Å². The Morgan fingerprint density at radius 1 is 1.21 bits per heavy atom. The highest BCUT2D eigenvalue weighted by Gasteiger charge is 2.09. The fraction of sp³-hybridized carbons (Fsp3) is 0.278. The highest BCUT2D eigenvalue weighted by Crippen LogP contribution is 2.29. The standard InChI is InChI=1S/C18H21N/c1-5-7-13(2)16-10-17(12-19-11-16)18-14(3)8-6-9-15(18)4/h5-6,8-13H,1,7H2,2-4H3. The summed E-state index contributed by atoms with van der Waals surface area (Å²) in [6.07, 6.45) is 6.87. The second kappa shape index (κ2) is 5.83. The van der Waals surface area contributed by atoms with Crippen LogP contribution in [0.2, 0.25) is 0 Å². The molecule has 0 bridgehead atoms. The van der Waals surface area contributed by atoms with Crippen LogP contribution in [-0.2, 0) is 0 Å². The van der Waals surface area contributed by atoms with Gasteiger partial charge in [0.15, 0.2) is 0 Å². The molecule has 1 nitrogen and oxygen atoms in total. The molecule has 1 heteroatoms. The third-order valence-electron chi connectivity index (χ3n) is 3.62. The first-order chi connectivity index (χ1) is 9.13. The zero-order chi connectivity index (χ0) is 13.8. The molecule has 0 aliphatic rings. The largest absolute Gasteiger partial charge is 0.264 e. The molecule has 0 saturated heterocycles. The predicted molar refractivity (Wildman–Crippen MR) is 82.4 cm³/mol. The molecule has 2 rings (SSSR count). The normalized spacial score (nSPS) is 12.2. The Hall–Kier alpha value is -1.89. The van der Waals surface area contributed by atoms with Gasteiger partial charge < -0.3 is 0 Å². The quantitative estimate of drug-likeness (QED) is 0.693. The van der Waals surface area contributed by atoms with Crippen molar-refractivity contribution in [3.8, 4) is 11.1 Å². The number of nitrogens with zero attached hydrogens (tertiary/aromatic N) is 1. The minimum absolute atomic E-state index is 0.467. The summed E-state index contributed by atoms with van der Waals surface area (Å²) in [5, 5.41) is 0. The molecular weight excluding hydrogens is 230 g/mol. The van der Waals surface area contributed by atoms with Gasteiger partial charge in [0.1, 0.15) is 0 Å². The van der Waals surface area contributed by atoms with Crippen LogP contribution in [0, 0.1) is 13.8 Å². The minimum atomic E-state index is 0.467. The predicted octanol–water partition coefficient (Wildman–Crippen LogP) is 5.05. The number of rotatable bonds is 4. The Labute approximate surface area is 116 Å². The summed E-state index contributed by atoms with van der Waals surface area (Å²) in [7, 11) is 0. The lowest BCUT2D eigenvalue weighted by molar-refractivity contribution is 0.777. The van der Waals surface area contributed by atoms with Gasteiger partial charge in [0, 0.05) is 18.0 Å². The van der Waals surface area contributed by atoms with Gasteiger partial charge in [0.05, 0.1) is 0 Å². The number of pyridine rings is 1. The molecular formula is C18H21N. The van der Waals surface area contributed by atoms with Crippen molar-refractivity contribution in [3.63, 3.8) is 0 Å². The van der Waals surface area contributed by atoms with E-state index in [0.717, 1.165) is 6.42 Å². The molecule has 19 heavy (non-hydrogen) atoms. The first-order valence-electron chi connectivity index (χ1n) is 6.76. The van der Waals surface area contributed by atoms with Crippen LogP contribution in [0.15, 0.2) is 49.3 Å². The van der Waals surface area contributed by atoms with E-state index in [-0.39, 0.29) is 0 Å². The van der Waals surface area contributed by atoms with Crippen molar-refractivity contribution in [2.75, 3.05) is 0 Å². The summed E-state index contributed by atoms with van der Waals surface area (Å²) in [5.41, 5.74) is 6.40. The van der Waals surface area contributed by atoms with Crippen LogP contribution in [0.5, 0.6) is 0 Å². The van der Waals surface area contributed by atoms with Crippen molar-refractivity contribution in [1.29, 1.82) is 0 Å². The monoisotopic (exact) mass is 251 g/mol. The third kappa shape index (κ3) is 2.93. The molecule has 0 aliphatic heterocycles. The van der Waals surface area contributed by atoms with Gasteiger partial charge in [0.25, 0.3) is 0 Å². The summed E-state index contributed by atoms with van der Waals surface area (Å²) in [5.74, 6) is 0.467. The smallest absolute Gasteiger partial charge is 0.0346 e. The van der Waals surface area contributed by atoms with Gasteiger partial charge in [-0.3, -0.25) is 4.98 Å². The first kappa shape index (κ1) is 13.5. The van der Waals surface area contributed by atoms with Gasteiger partial charge in [-0.2, -0.15) is 0 Å². The maximum atomic E-state index is 4.41. The van der Waals surface area contributed by atoms with Crippen molar-refractivity contribution in [2.24, 2.45) is 0 Å². The average molecular weight is 251 g/mol. The van der Waals surface area contributed by atoms with Crippen molar-refractivity contribution >= 4 is 0 Å². The summed E-state index contributed by atoms with van der Waals surface area (Å²) >= 11 is 0. The van der Waals surface area contributed by atoms with Crippen molar-refractivity contribution < 1.29 is 0 Å². The maximum Gasteiger partial charge on any atom is 0.0346 e. The van der Waals surface area contributed by atoms with Crippen LogP contribution in [0.1, 0.15) is 36.0 Å². The molecule has 0 fully saturated rings. The Kier molecular flexibility index (Phi) is 4.16. The zero-order valence-corrected chi connectivity index (χ0v) is 12.0. The average Bonchev–Trinajstić information content (AvgIpc) is 2.39. The summed E-state index contributed by atoms with van der Waals surface area (Å²) < 4.78 is 0.